The van der Waals surface area contributed by atoms with Crippen LogP contribution in [-0.4, -0.2) is 16.2 Å². The molecule has 0 atom stereocenters. The van der Waals surface area contributed by atoms with Crippen LogP contribution in [0.3, 0.4) is 0 Å². The molecule has 0 aliphatic rings. The van der Waals surface area contributed by atoms with Crippen LogP contribution in [0.4, 0.5) is 13.2 Å². The number of carbonyl (C=O) groups is 1. The second kappa shape index (κ2) is 7.04. The molecule has 0 aromatic heterocycles. The summed E-state index contributed by atoms with van der Waals surface area (Å²) in [5.74, 6) is -1.22. The molecule has 0 radical (unpaired) electrons. The van der Waals surface area contributed by atoms with E-state index in [1.54, 1.807) is 18.2 Å². The zero-order valence-electron chi connectivity index (χ0n) is 12.3. The Kier molecular flexibility index (Phi) is 5.08. The minimum Gasteiger partial charge on any atom is -0.507 e. The highest BCUT2D eigenvalue weighted by molar-refractivity contribution is 5.85. The summed E-state index contributed by atoms with van der Waals surface area (Å²) in [6.45, 7) is 0. The maximum Gasteiger partial charge on any atom is 0.416 e. The van der Waals surface area contributed by atoms with Crippen LogP contribution in [-0.2, 0) is 11.0 Å². The molecule has 2 rings (SSSR count). The first-order chi connectivity index (χ1) is 11.3. The van der Waals surface area contributed by atoms with Gasteiger partial charge in [-0.3, -0.25) is 0 Å². The third kappa shape index (κ3) is 4.25. The molecule has 2 aromatic carbocycles. The normalized spacial score (nSPS) is 12.5. The van der Waals surface area contributed by atoms with Gasteiger partial charge in [0.05, 0.1) is 5.56 Å². The average Bonchev–Trinajstić information content (AvgIpc) is 2.52. The number of carboxylic acids is 1. The fourth-order valence-corrected chi connectivity index (χ4v) is 2.11. The van der Waals surface area contributed by atoms with E-state index in [1.165, 1.54) is 30.4 Å². The van der Waals surface area contributed by atoms with Gasteiger partial charge in [-0.2, -0.15) is 13.2 Å². The van der Waals surface area contributed by atoms with Crippen LogP contribution in [0.5, 0.6) is 5.75 Å². The SMILES string of the molecule is O=C(O)/C=C/C=C(\c1ccc(C(F)(F)F)cc1)c1ccccc1O. The van der Waals surface area contributed by atoms with Crippen molar-refractivity contribution >= 4 is 11.5 Å². The van der Waals surface area contributed by atoms with Gasteiger partial charge in [-0.1, -0.05) is 42.5 Å². The predicted octanol–water partition coefficient (Wildman–Crippen LogP) is 4.48. The topological polar surface area (TPSA) is 57.5 Å². The number of phenols is 1. The molecule has 0 unspecified atom stereocenters. The van der Waals surface area contributed by atoms with Gasteiger partial charge < -0.3 is 10.2 Å². The number of hydrogen-bond acceptors (Lipinski definition) is 2. The zero-order chi connectivity index (χ0) is 17.7. The van der Waals surface area contributed by atoms with Crippen molar-refractivity contribution in [2.45, 2.75) is 6.18 Å². The van der Waals surface area contributed by atoms with Gasteiger partial charge in [0.25, 0.3) is 0 Å². The number of alkyl halides is 3. The first kappa shape index (κ1) is 17.3. The Morgan fingerprint density at radius 1 is 1.00 bits per heavy atom. The number of hydrogen-bond donors (Lipinski definition) is 2. The van der Waals surface area contributed by atoms with E-state index in [0.717, 1.165) is 18.2 Å². The fraction of sp³-hybridized carbons (Fsp3) is 0.0556. The smallest absolute Gasteiger partial charge is 0.416 e. The van der Waals surface area contributed by atoms with Crippen molar-refractivity contribution in [3.63, 3.8) is 0 Å². The number of halogens is 3. The molecule has 2 N–H and O–H groups in total. The summed E-state index contributed by atoms with van der Waals surface area (Å²) < 4.78 is 38.0. The summed E-state index contributed by atoms with van der Waals surface area (Å²) >= 11 is 0. The zero-order valence-corrected chi connectivity index (χ0v) is 12.3. The summed E-state index contributed by atoms with van der Waals surface area (Å²) in [7, 11) is 0. The molecule has 24 heavy (non-hydrogen) atoms. The quantitative estimate of drug-likeness (QED) is 0.640. The number of para-hydroxylation sites is 1. The van der Waals surface area contributed by atoms with E-state index in [-0.39, 0.29) is 5.75 Å². The molecular weight excluding hydrogens is 321 g/mol. The molecule has 2 aromatic rings. The Morgan fingerprint density at radius 3 is 2.17 bits per heavy atom. The van der Waals surface area contributed by atoms with Crippen molar-refractivity contribution in [3.05, 3.63) is 83.4 Å². The number of aromatic hydroxyl groups is 1. The molecule has 0 saturated carbocycles. The standard InChI is InChI=1S/C18H13F3O3/c19-18(20,21)13-10-8-12(9-11-13)14(5-3-7-17(23)24)15-4-1-2-6-16(15)22/h1-11,22H,(H,23,24)/b7-3+,14-5+. The number of rotatable bonds is 4. The van der Waals surface area contributed by atoms with Gasteiger partial charge in [-0.15, -0.1) is 0 Å². The second-order valence-corrected chi connectivity index (χ2v) is 4.87. The van der Waals surface area contributed by atoms with Gasteiger partial charge in [0.1, 0.15) is 5.75 Å². The van der Waals surface area contributed by atoms with Crippen molar-refractivity contribution in [1.82, 2.24) is 0 Å². The molecule has 3 nitrogen and oxygen atoms in total. The maximum absolute atomic E-state index is 12.7. The van der Waals surface area contributed by atoms with Gasteiger partial charge in [0, 0.05) is 11.6 Å². The Balaban J connectivity index is 2.51. The van der Waals surface area contributed by atoms with Crippen molar-refractivity contribution in [1.29, 1.82) is 0 Å². The number of phenolic OH excluding ortho intramolecular Hbond substituents is 1. The van der Waals surface area contributed by atoms with E-state index in [9.17, 15) is 23.1 Å². The van der Waals surface area contributed by atoms with Crippen LogP contribution in [0.25, 0.3) is 5.57 Å². The Morgan fingerprint density at radius 2 is 1.62 bits per heavy atom. The molecule has 6 heteroatoms. The summed E-state index contributed by atoms with van der Waals surface area (Å²) in [5, 5.41) is 18.6. The van der Waals surface area contributed by atoms with Crippen LogP contribution in [0.15, 0.2) is 66.8 Å². The third-order valence-electron chi connectivity index (χ3n) is 3.22. The molecule has 0 fully saturated rings. The summed E-state index contributed by atoms with van der Waals surface area (Å²) in [6, 6.07) is 10.7. The number of allylic oxidation sites excluding steroid dienone is 2. The van der Waals surface area contributed by atoms with Crippen molar-refractivity contribution in [2.75, 3.05) is 0 Å². The highest BCUT2D eigenvalue weighted by Gasteiger charge is 2.30. The molecule has 124 valence electrons. The van der Waals surface area contributed by atoms with Crippen molar-refractivity contribution in [3.8, 4) is 5.75 Å². The minimum atomic E-state index is -4.44. The lowest BCUT2D eigenvalue weighted by Crippen LogP contribution is -2.04. The molecule has 0 spiro atoms. The van der Waals surface area contributed by atoms with E-state index in [1.807, 2.05) is 0 Å². The van der Waals surface area contributed by atoms with Crippen molar-refractivity contribution < 1.29 is 28.2 Å². The first-order valence-corrected chi connectivity index (χ1v) is 6.86. The molecule has 0 amide bonds. The van der Waals surface area contributed by atoms with Crippen molar-refractivity contribution in [2.24, 2.45) is 0 Å². The Bertz CT molecular complexity index is 788. The first-order valence-electron chi connectivity index (χ1n) is 6.86. The third-order valence-corrected chi connectivity index (χ3v) is 3.22. The average molecular weight is 334 g/mol. The van der Waals surface area contributed by atoms with Gasteiger partial charge >= 0.3 is 12.1 Å². The fourth-order valence-electron chi connectivity index (χ4n) is 2.11. The molecule has 0 bridgehead atoms. The lowest BCUT2D eigenvalue weighted by Gasteiger charge is -2.12. The van der Waals surface area contributed by atoms with Crippen LogP contribution in [0, 0.1) is 0 Å². The maximum atomic E-state index is 12.7. The number of benzene rings is 2. The predicted molar refractivity (Wildman–Crippen MR) is 83.4 cm³/mol. The summed E-state index contributed by atoms with van der Waals surface area (Å²) in [6.07, 6.45) is -0.877. The van der Waals surface area contributed by atoms with Gasteiger partial charge in [-0.25, -0.2) is 4.79 Å². The summed E-state index contributed by atoms with van der Waals surface area (Å²) in [5.41, 5.74) is 0.412. The molecule has 0 aliphatic carbocycles. The van der Waals surface area contributed by atoms with E-state index in [0.29, 0.717) is 16.7 Å². The van der Waals surface area contributed by atoms with E-state index < -0.39 is 17.7 Å². The Hall–Kier alpha value is -3.02. The molecule has 0 aliphatic heterocycles. The highest BCUT2D eigenvalue weighted by atomic mass is 19.4. The largest absolute Gasteiger partial charge is 0.507 e. The van der Waals surface area contributed by atoms with Gasteiger partial charge in [-0.05, 0) is 29.3 Å². The molecule has 0 saturated heterocycles. The van der Waals surface area contributed by atoms with Crippen LogP contribution < -0.4 is 0 Å². The summed E-state index contributed by atoms with van der Waals surface area (Å²) in [4.78, 5) is 10.6. The molecular formula is C18H13F3O3. The van der Waals surface area contributed by atoms with Gasteiger partial charge in [0.15, 0.2) is 0 Å². The minimum absolute atomic E-state index is 0.0626. The lowest BCUT2D eigenvalue weighted by atomic mass is 9.95. The van der Waals surface area contributed by atoms with Gasteiger partial charge in [0.2, 0.25) is 0 Å². The van der Waals surface area contributed by atoms with E-state index in [4.69, 9.17) is 5.11 Å². The molecule has 0 heterocycles. The number of carboxylic acid groups (broad SMARTS) is 1. The monoisotopic (exact) mass is 334 g/mol. The Labute approximate surface area is 136 Å². The van der Waals surface area contributed by atoms with Crippen LogP contribution in [0.2, 0.25) is 0 Å². The highest BCUT2D eigenvalue weighted by Crippen LogP contribution is 2.33. The lowest BCUT2D eigenvalue weighted by molar-refractivity contribution is -0.137. The second-order valence-electron chi connectivity index (χ2n) is 4.87. The van der Waals surface area contributed by atoms with E-state index >= 15 is 0 Å². The van der Waals surface area contributed by atoms with Crippen LogP contribution in [0.1, 0.15) is 16.7 Å². The van der Waals surface area contributed by atoms with E-state index in [2.05, 4.69) is 0 Å². The van der Waals surface area contributed by atoms with Crippen LogP contribution >= 0.6 is 0 Å². The number of aliphatic carboxylic acids is 1.